The van der Waals surface area contributed by atoms with Gasteiger partial charge in [0.15, 0.2) is 0 Å². The second-order valence-electron chi connectivity index (χ2n) is 4.56. The Labute approximate surface area is 113 Å². The molecule has 0 aliphatic heterocycles. The van der Waals surface area contributed by atoms with Crippen molar-refractivity contribution in [1.29, 1.82) is 0 Å². The molecule has 1 rings (SSSR count). The number of rotatable bonds is 7. The van der Waals surface area contributed by atoms with Gasteiger partial charge < -0.3 is 16.4 Å². The van der Waals surface area contributed by atoms with Crippen LogP contribution in [0.3, 0.4) is 0 Å². The Bertz CT molecular complexity index is 404. The molecule has 0 fully saturated rings. The first-order chi connectivity index (χ1) is 9.08. The van der Waals surface area contributed by atoms with E-state index in [1.54, 1.807) is 0 Å². The third-order valence-electron chi connectivity index (χ3n) is 2.61. The van der Waals surface area contributed by atoms with Crippen molar-refractivity contribution in [1.82, 2.24) is 10.6 Å². The smallest absolute Gasteiger partial charge is 0.239 e. The largest absolute Gasteiger partial charge is 0.350 e. The second-order valence-corrected chi connectivity index (χ2v) is 4.56. The zero-order chi connectivity index (χ0) is 14.1. The monoisotopic (exact) mass is 263 g/mol. The molecule has 19 heavy (non-hydrogen) atoms. The molecule has 5 nitrogen and oxygen atoms in total. The van der Waals surface area contributed by atoms with Crippen LogP contribution in [-0.2, 0) is 16.1 Å². The van der Waals surface area contributed by atoms with Crippen molar-refractivity contribution in [3.8, 4) is 0 Å². The SMILES string of the molecule is CC(N)CCC(=O)NCC(=O)NCc1ccccc1. The van der Waals surface area contributed by atoms with Gasteiger partial charge in [-0.25, -0.2) is 0 Å². The minimum atomic E-state index is -0.196. The van der Waals surface area contributed by atoms with E-state index in [1.165, 1.54) is 0 Å². The summed E-state index contributed by atoms with van der Waals surface area (Å²) in [5.74, 6) is -0.342. The average molecular weight is 263 g/mol. The van der Waals surface area contributed by atoms with Crippen LogP contribution >= 0.6 is 0 Å². The Morgan fingerprint density at radius 1 is 1.16 bits per heavy atom. The maximum atomic E-state index is 11.5. The highest BCUT2D eigenvalue weighted by atomic mass is 16.2. The van der Waals surface area contributed by atoms with Crippen molar-refractivity contribution < 1.29 is 9.59 Å². The summed E-state index contributed by atoms with van der Waals surface area (Å²) in [7, 11) is 0. The van der Waals surface area contributed by atoms with Gasteiger partial charge >= 0.3 is 0 Å². The normalized spacial score (nSPS) is 11.7. The summed E-state index contributed by atoms with van der Waals surface area (Å²) in [4.78, 5) is 22.9. The summed E-state index contributed by atoms with van der Waals surface area (Å²) in [5, 5.41) is 5.31. The molecule has 0 bridgehead atoms. The summed E-state index contributed by atoms with van der Waals surface area (Å²) in [6, 6.07) is 9.61. The van der Waals surface area contributed by atoms with E-state index in [2.05, 4.69) is 10.6 Å². The van der Waals surface area contributed by atoms with Crippen molar-refractivity contribution in [3.63, 3.8) is 0 Å². The van der Waals surface area contributed by atoms with Crippen LogP contribution in [0.2, 0.25) is 0 Å². The first kappa shape index (κ1) is 15.2. The molecule has 0 aliphatic carbocycles. The molecule has 0 radical (unpaired) electrons. The lowest BCUT2D eigenvalue weighted by Crippen LogP contribution is -2.37. The van der Waals surface area contributed by atoms with Crippen LogP contribution in [0.15, 0.2) is 30.3 Å². The molecule has 5 heteroatoms. The van der Waals surface area contributed by atoms with Crippen LogP contribution in [0.5, 0.6) is 0 Å². The Balaban J connectivity index is 2.16. The van der Waals surface area contributed by atoms with Crippen LogP contribution in [0.1, 0.15) is 25.3 Å². The number of carbonyl (C=O) groups excluding carboxylic acids is 2. The predicted octanol–water partition coefficient (Wildman–Crippen LogP) is 0.546. The van der Waals surface area contributed by atoms with E-state index in [9.17, 15) is 9.59 Å². The third-order valence-corrected chi connectivity index (χ3v) is 2.61. The molecule has 1 aromatic rings. The minimum absolute atomic E-state index is 0.00217. The predicted molar refractivity (Wildman–Crippen MR) is 74.2 cm³/mol. The van der Waals surface area contributed by atoms with E-state index in [-0.39, 0.29) is 24.4 Å². The fourth-order valence-electron chi connectivity index (χ4n) is 1.49. The molecule has 2 amide bonds. The van der Waals surface area contributed by atoms with E-state index in [1.807, 2.05) is 37.3 Å². The standard InChI is InChI=1S/C14H21N3O2/c1-11(15)7-8-13(18)17-10-14(19)16-9-12-5-3-2-4-6-12/h2-6,11H,7-10,15H2,1H3,(H,16,19)(H,17,18). The summed E-state index contributed by atoms with van der Waals surface area (Å²) in [6.07, 6.45) is 0.973. The molecule has 104 valence electrons. The summed E-state index contributed by atoms with van der Waals surface area (Å²) >= 11 is 0. The fourth-order valence-corrected chi connectivity index (χ4v) is 1.49. The number of benzene rings is 1. The topological polar surface area (TPSA) is 84.2 Å². The van der Waals surface area contributed by atoms with Crippen LogP contribution in [0.4, 0.5) is 0 Å². The van der Waals surface area contributed by atoms with Gasteiger partial charge in [0.2, 0.25) is 11.8 Å². The van der Waals surface area contributed by atoms with Gasteiger partial charge in [-0.15, -0.1) is 0 Å². The molecule has 4 N–H and O–H groups in total. The van der Waals surface area contributed by atoms with E-state index < -0.39 is 0 Å². The van der Waals surface area contributed by atoms with E-state index in [0.29, 0.717) is 19.4 Å². The molecule has 0 aromatic heterocycles. The number of nitrogens with one attached hydrogen (secondary N) is 2. The van der Waals surface area contributed by atoms with Gasteiger partial charge in [-0.05, 0) is 18.9 Å². The second kappa shape index (κ2) is 8.26. The minimum Gasteiger partial charge on any atom is -0.350 e. The van der Waals surface area contributed by atoms with Crippen LogP contribution < -0.4 is 16.4 Å². The van der Waals surface area contributed by atoms with Gasteiger partial charge in [-0.1, -0.05) is 30.3 Å². The van der Waals surface area contributed by atoms with Crippen molar-refractivity contribution in [2.24, 2.45) is 5.73 Å². The Hall–Kier alpha value is -1.88. The molecule has 1 atom stereocenters. The molecule has 1 aromatic carbocycles. The van der Waals surface area contributed by atoms with Gasteiger partial charge in [0.1, 0.15) is 0 Å². The highest BCUT2D eigenvalue weighted by molar-refractivity contribution is 5.84. The van der Waals surface area contributed by atoms with Crippen LogP contribution in [0.25, 0.3) is 0 Å². The number of amides is 2. The number of hydrogen-bond donors (Lipinski definition) is 3. The zero-order valence-electron chi connectivity index (χ0n) is 11.2. The van der Waals surface area contributed by atoms with Gasteiger partial charge in [0.05, 0.1) is 6.54 Å². The summed E-state index contributed by atoms with van der Waals surface area (Å²) < 4.78 is 0. The molecule has 0 saturated heterocycles. The van der Waals surface area contributed by atoms with E-state index in [0.717, 1.165) is 5.56 Å². The van der Waals surface area contributed by atoms with Gasteiger partial charge in [0.25, 0.3) is 0 Å². The lowest BCUT2D eigenvalue weighted by atomic mass is 10.2. The first-order valence-corrected chi connectivity index (χ1v) is 6.41. The van der Waals surface area contributed by atoms with Crippen LogP contribution in [-0.4, -0.2) is 24.4 Å². The van der Waals surface area contributed by atoms with Crippen molar-refractivity contribution in [2.75, 3.05) is 6.54 Å². The molecule has 0 spiro atoms. The van der Waals surface area contributed by atoms with E-state index in [4.69, 9.17) is 5.73 Å². The van der Waals surface area contributed by atoms with Gasteiger partial charge in [-0.2, -0.15) is 0 Å². The molecular formula is C14H21N3O2. The molecule has 0 heterocycles. The Kier molecular flexibility index (Phi) is 6.60. The van der Waals surface area contributed by atoms with Gasteiger partial charge in [0, 0.05) is 19.0 Å². The summed E-state index contributed by atoms with van der Waals surface area (Å²) in [6.45, 7) is 2.32. The van der Waals surface area contributed by atoms with Crippen molar-refractivity contribution in [3.05, 3.63) is 35.9 Å². The summed E-state index contributed by atoms with van der Waals surface area (Å²) in [5.41, 5.74) is 6.58. The Morgan fingerprint density at radius 3 is 2.47 bits per heavy atom. The quantitative estimate of drug-likeness (QED) is 0.671. The van der Waals surface area contributed by atoms with Crippen LogP contribution in [0, 0.1) is 0 Å². The number of nitrogens with two attached hydrogens (primary N) is 1. The third kappa shape index (κ3) is 7.21. The maximum Gasteiger partial charge on any atom is 0.239 e. The zero-order valence-corrected chi connectivity index (χ0v) is 11.2. The maximum absolute atomic E-state index is 11.5. The number of carbonyl (C=O) groups is 2. The van der Waals surface area contributed by atoms with E-state index >= 15 is 0 Å². The molecule has 0 aliphatic rings. The lowest BCUT2D eigenvalue weighted by Gasteiger charge is -2.08. The molecule has 0 saturated carbocycles. The van der Waals surface area contributed by atoms with Crippen molar-refractivity contribution >= 4 is 11.8 Å². The Morgan fingerprint density at radius 2 is 1.84 bits per heavy atom. The first-order valence-electron chi connectivity index (χ1n) is 6.41. The van der Waals surface area contributed by atoms with Gasteiger partial charge in [-0.3, -0.25) is 9.59 Å². The lowest BCUT2D eigenvalue weighted by molar-refractivity contribution is -0.126. The molecule has 1 unspecified atom stereocenters. The highest BCUT2D eigenvalue weighted by Crippen LogP contribution is 1.96. The highest BCUT2D eigenvalue weighted by Gasteiger charge is 2.06. The number of hydrogen-bond acceptors (Lipinski definition) is 3. The van der Waals surface area contributed by atoms with Crippen molar-refractivity contribution in [2.45, 2.75) is 32.4 Å². The average Bonchev–Trinajstić information content (AvgIpc) is 2.41. The fraction of sp³-hybridized carbons (Fsp3) is 0.429. The molecular weight excluding hydrogens is 242 g/mol.